The Kier molecular flexibility index (Phi) is 4.01. The third-order valence-electron chi connectivity index (χ3n) is 3.93. The van der Waals surface area contributed by atoms with Crippen molar-refractivity contribution in [2.24, 2.45) is 0 Å². The second-order valence-corrected chi connectivity index (χ2v) is 6.43. The number of aromatic nitrogens is 2. The van der Waals surface area contributed by atoms with Crippen LogP contribution in [0.15, 0.2) is 30.3 Å². The highest BCUT2D eigenvalue weighted by atomic mass is 32.2. The summed E-state index contributed by atoms with van der Waals surface area (Å²) in [5.74, 6) is 4.92. The molecule has 1 unspecified atom stereocenters. The molecule has 0 amide bonds. The second-order valence-electron chi connectivity index (χ2n) is 5.28. The predicted octanol–water partition coefficient (Wildman–Crippen LogP) is 3.30. The van der Waals surface area contributed by atoms with Crippen molar-refractivity contribution in [3.8, 4) is 0 Å². The molecule has 1 aromatic carbocycles. The van der Waals surface area contributed by atoms with E-state index in [2.05, 4.69) is 35.8 Å². The molecule has 0 bridgehead atoms. The monoisotopic (exact) mass is 287 g/mol. The van der Waals surface area contributed by atoms with Crippen molar-refractivity contribution in [1.29, 1.82) is 0 Å². The lowest BCUT2D eigenvalue weighted by Crippen LogP contribution is -2.09. The number of aryl methyl sites for hydroxylation is 1. The minimum atomic E-state index is 0.544. The molecule has 3 rings (SSSR count). The first-order chi connectivity index (χ1) is 9.79. The van der Waals surface area contributed by atoms with Crippen LogP contribution in [0.25, 0.3) is 0 Å². The molecule has 1 saturated heterocycles. The van der Waals surface area contributed by atoms with Gasteiger partial charge < -0.3 is 10.3 Å². The van der Waals surface area contributed by atoms with Crippen molar-refractivity contribution in [1.82, 2.24) is 9.55 Å². The van der Waals surface area contributed by atoms with Crippen LogP contribution in [-0.4, -0.2) is 21.1 Å². The van der Waals surface area contributed by atoms with Gasteiger partial charge in [-0.2, -0.15) is 11.8 Å². The van der Waals surface area contributed by atoms with Crippen LogP contribution in [0.3, 0.4) is 0 Å². The molecule has 0 aliphatic carbocycles. The Balaban J connectivity index is 1.93. The topological polar surface area (TPSA) is 43.8 Å². The summed E-state index contributed by atoms with van der Waals surface area (Å²) >= 11 is 2.01. The van der Waals surface area contributed by atoms with Gasteiger partial charge in [0, 0.05) is 18.1 Å². The van der Waals surface area contributed by atoms with E-state index in [-0.39, 0.29) is 0 Å². The maximum atomic E-state index is 6.40. The van der Waals surface area contributed by atoms with E-state index in [9.17, 15) is 0 Å². The van der Waals surface area contributed by atoms with Crippen LogP contribution in [0, 0.1) is 0 Å². The summed E-state index contributed by atoms with van der Waals surface area (Å²) < 4.78 is 2.19. The van der Waals surface area contributed by atoms with Gasteiger partial charge in [0.2, 0.25) is 0 Å². The van der Waals surface area contributed by atoms with Gasteiger partial charge >= 0.3 is 0 Å². The SMILES string of the molecule is CCc1nc(C2CCSC2)c(N)n1Cc1ccccc1. The van der Waals surface area contributed by atoms with E-state index >= 15 is 0 Å². The number of hydrogen-bond acceptors (Lipinski definition) is 3. The van der Waals surface area contributed by atoms with E-state index in [1.807, 2.05) is 17.8 Å². The van der Waals surface area contributed by atoms with Crippen LogP contribution in [0.5, 0.6) is 0 Å². The van der Waals surface area contributed by atoms with Gasteiger partial charge in [-0.25, -0.2) is 4.98 Å². The maximum Gasteiger partial charge on any atom is 0.127 e. The fraction of sp³-hybridized carbons (Fsp3) is 0.438. The molecule has 2 aromatic rings. The first-order valence-corrected chi connectivity index (χ1v) is 8.41. The first-order valence-electron chi connectivity index (χ1n) is 7.26. The summed E-state index contributed by atoms with van der Waals surface area (Å²) in [6.45, 7) is 2.97. The molecule has 4 heteroatoms. The average Bonchev–Trinajstić information content (AvgIpc) is 3.10. The van der Waals surface area contributed by atoms with Crippen LogP contribution in [0.4, 0.5) is 5.82 Å². The third kappa shape index (κ3) is 2.57. The van der Waals surface area contributed by atoms with Crippen molar-refractivity contribution in [3.63, 3.8) is 0 Å². The van der Waals surface area contributed by atoms with Crippen molar-refractivity contribution >= 4 is 17.6 Å². The summed E-state index contributed by atoms with van der Waals surface area (Å²) in [5, 5.41) is 0. The van der Waals surface area contributed by atoms with Crippen LogP contribution >= 0.6 is 11.8 Å². The largest absolute Gasteiger partial charge is 0.384 e. The van der Waals surface area contributed by atoms with Gasteiger partial charge in [-0.05, 0) is 17.7 Å². The zero-order chi connectivity index (χ0) is 13.9. The zero-order valence-electron chi connectivity index (χ0n) is 11.9. The number of thioether (sulfide) groups is 1. The Bertz CT molecular complexity index is 571. The second kappa shape index (κ2) is 5.92. The number of anilines is 1. The average molecular weight is 287 g/mol. The van der Waals surface area contributed by atoms with E-state index < -0.39 is 0 Å². The number of imidazole rings is 1. The number of hydrogen-bond donors (Lipinski definition) is 1. The fourth-order valence-corrected chi connectivity index (χ4v) is 4.02. The van der Waals surface area contributed by atoms with Gasteiger partial charge in [0.1, 0.15) is 11.6 Å². The maximum absolute atomic E-state index is 6.40. The Morgan fingerprint density at radius 2 is 2.15 bits per heavy atom. The van der Waals surface area contributed by atoms with Crippen molar-refractivity contribution in [3.05, 3.63) is 47.4 Å². The van der Waals surface area contributed by atoms with E-state index in [1.54, 1.807) is 0 Å². The highest BCUT2D eigenvalue weighted by Gasteiger charge is 2.25. The predicted molar refractivity (Wildman–Crippen MR) is 86.2 cm³/mol. The Hall–Kier alpha value is -1.42. The Morgan fingerprint density at radius 3 is 2.80 bits per heavy atom. The highest BCUT2D eigenvalue weighted by molar-refractivity contribution is 7.99. The van der Waals surface area contributed by atoms with Crippen LogP contribution in [0.1, 0.15) is 36.3 Å². The normalized spacial score (nSPS) is 18.6. The lowest BCUT2D eigenvalue weighted by molar-refractivity contribution is 0.739. The van der Waals surface area contributed by atoms with Gasteiger partial charge in [0.05, 0.1) is 12.2 Å². The van der Waals surface area contributed by atoms with Gasteiger partial charge in [-0.1, -0.05) is 37.3 Å². The molecule has 1 aromatic heterocycles. The molecular formula is C16H21N3S. The molecule has 2 heterocycles. The Labute approximate surface area is 124 Å². The molecular weight excluding hydrogens is 266 g/mol. The molecule has 2 N–H and O–H groups in total. The molecule has 20 heavy (non-hydrogen) atoms. The summed E-state index contributed by atoms with van der Waals surface area (Å²) in [6.07, 6.45) is 2.14. The molecule has 0 radical (unpaired) electrons. The van der Waals surface area contributed by atoms with Gasteiger partial charge in [0.15, 0.2) is 0 Å². The van der Waals surface area contributed by atoms with E-state index in [1.165, 1.54) is 17.7 Å². The molecule has 3 nitrogen and oxygen atoms in total. The van der Waals surface area contributed by atoms with Gasteiger partial charge in [-0.3, -0.25) is 0 Å². The first kappa shape index (κ1) is 13.6. The zero-order valence-corrected chi connectivity index (χ0v) is 12.7. The van der Waals surface area contributed by atoms with E-state index in [0.29, 0.717) is 5.92 Å². The van der Waals surface area contributed by atoms with Crippen LogP contribution in [0.2, 0.25) is 0 Å². The fourth-order valence-electron chi connectivity index (χ4n) is 2.80. The van der Waals surface area contributed by atoms with Crippen molar-refractivity contribution < 1.29 is 0 Å². The number of rotatable bonds is 4. The minimum Gasteiger partial charge on any atom is -0.384 e. The summed E-state index contributed by atoms with van der Waals surface area (Å²) in [6, 6.07) is 10.5. The van der Waals surface area contributed by atoms with Crippen molar-refractivity contribution in [2.75, 3.05) is 17.2 Å². The number of nitrogens with zero attached hydrogens (tertiary/aromatic N) is 2. The number of nitrogen functional groups attached to an aromatic ring is 1. The molecule has 1 fully saturated rings. The van der Waals surface area contributed by atoms with E-state index in [0.717, 1.165) is 36.1 Å². The quantitative estimate of drug-likeness (QED) is 0.938. The smallest absolute Gasteiger partial charge is 0.127 e. The molecule has 0 saturated carbocycles. The molecule has 1 aliphatic rings. The molecule has 1 aliphatic heterocycles. The molecule has 1 atom stereocenters. The highest BCUT2D eigenvalue weighted by Crippen LogP contribution is 2.35. The summed E-state index contributed by atoms with van der Waals surface area (Å²) in [5.41, 5.74) is 8.80. The summed E-state index contributed by atoms with van der Waals surface area (Å²) in [4.78, 5) is 4.83. The molecule has 106 valence electrons. The minimum absolute atomic E-state index is 0.544. The van der Waals surface area contributed by atoms with Crippen molar-refractivity contribution in [2.45, 2.75) is 32.2 Å². The number of nitrogens with two attached hydrogens (primary N) is 1. The van der Waals surface area contributed by atoms with E-state index in [4.69, 9.17) is 10.7 Å². The lowest BCUT2D eigenvalue weighted by Gasteiger charge is -2.10. The van der Waals surface area contributed by atoms with Crippen LogP contribution in [-0.2, 0) is 13.0 Å². The standard InChI is InChI=1S/C16H21N3S/c1-2-14-18-15(13-8-9-20-11-13)16(17)19(14)10-12-6-4-3-5-7-12/h3-7,13H,2,8-11,17H2,1H3. The third-order valence-corrected chi connectivity index (χ3v) is 5.09. The summed E-state index contributed by atoms with van der Waals surface area (Å²) in [7, 11) is 0. The Morgan fingerprint density at radius 1 is 1.35 bits per heavy atom. The van der Waals surface area contributed by atoms with Gasteiger partial charge in [-0.15, -0.1) is 0 Å². The van der Waals surface area contributed by atoms with Crippen LogP contribution < -0.4 is 5.73 Å². The lowest BCUT2D eigenvalue weighted by atomic mass is 10.1. The number of benzene rings is 1. The van der Waals surface area contributed by atoms with Gasteiger partial charge in [0.25, 0.3) is 0 Å². The molecule has 0 spiro atoms.